The van der Waals surface area contributed by atoms with Gasteiger partial charge < -0.3 is 9.80 Å². The second kappa shape index (κ2) is 7.59. The molecule has 1 aromatic heterocycles. The number of carbonyl (C=O) groups excluding carboxylic acids is 2. The first-order chi connectivity index (χ1) is 10.5. The average Bonchev–Trinajstić information content (AvgIpc) is 3.06. The van der Waals surface area contributed by atoms with E-state index in [1.165, 1.54) is 0 Å². The van der Waals surface area contributed by atoms with Crippen LogP contribution in [0.25, 0.3) is 0 Å². The number of hydrogen-bond acceptors (Lipinski definition) is 3. The second-order valence-corrected chi connectivity index (χ2v) is 8.37. The third-order valence-corrected chi connectivity index (χ3v) is 5.90. The summed E-state index contributed by atoms with van der Waals surface area (Å²) in [6, 6.07) is 4.28. The van der Waals surface area contributed by atoms with Crippen molar-refractivity contribution in [3.8, 4) is 0 Å². The van der Waals surface area contributed by atoms with Crippen molar-refractivity contribution in [2.75, 3.05) is 13.6 Å². The third kappa shape index (κ3) is 3.90. The van der Waals surface area contributed by atoms with Gasteiger partial charge in [0.15, 0.2) is 0 Å². The molecular formula is C16H23BrN2O2S. The van der Waals surface area contributed by atoms with E-state index in [4.69, 9.17) is 0 Å². The number of rotatable bonds is 6. The zero-order valence-electron chi connectivity index (χ0n) is 13.3. The number of halogens is 1. The molecule has 0 spiro atoms. The van der Waals surface area contributed by atoms with Crippen LogP contribution in [0.4, 0.5) is 0 Å². The van der Waals surface area contributed by atoms with Gasteiger partial charge in [0.05, 0.1) is 16.2 Å². The first kappa shape index (κ1) is 17.5. The van der Waals surface area contributed by atoms with E-state index in [1.807, 2.05) is 24.1 Å². The number of nitrogens with zero attached hydrogens (tertiary/aromatic N) is 2. The predicted octanol–water partition coefficient (Wildman–Crippen LogP) is 3.51. The van der Waals surface area contributed by atoms with Gasteiger partial charge in [-0.25, -0.2) is 0 Å². The fraction of sp³-hybridized carbons (Fsp3) is 0.625. The van der Waals surface area contributed by atoms with Gasteiger partial charge in [0.1, 0.15) is 0 Å². The smallest absolute Gasteiger partial charge is 0.228 e. The Morgan fingerprint density at radius 3 is 2.68 bits per heavy atom. The summed E-state index contributed by atoms with van der Waals surface area (Å²) in [5.41, 5.74) is 0. The van der Waals surface area contributed by atoms with Crippen LogP contribution in [0.15, 0.2) is 15.9 Å². The molecule has 1 aliphatic heterocycles. The molecule has 1 unspecified atom stereocenters. The van der Waals surface area contributed by atoms with E-state index >= 15 is 0 Å². The molecule has 4 nitrogen and oxygen atoms in total. The SMILES string of the molecule is CCC(CC)N1CC(C(=O)N(C)Cc2ccc(Br)s2)CC1=O. The highest BCUT2D eigenvalue weighted by molar-refractivity contribution is 9.11. The van der Waals surface area contributed by atoms with Crippen molar-refractivity contribution in [1.29, 1.82) is 0 Å². The molecule has 1 fully saturated rings. The molecule has 0 saturated carbocycles. The van der Waals surface area contributed by atoms with Gasteiger partial charge in [-0.2, -0.15) is 0 Å². The molecule has 2 rings (SSSR count). The first-order valence-corrected chi connectivity index (χ1v) is 9.35. The van der Waals surface area contributed by atoms with Crippen LogP contribution >= 0.6 is 27.3 Å². The van der Waals surface area contributed by atoms with Crippen LogP contribution in [-0.2, 0) is 16.1 Å². The average molecular weight is 387 g/mol. The van der Waals surface area contributed by atoms with Crippen LogP contribution in [0.2, 0.25) is 0 Å². The minimum atomic E-state index is -0.193. The Hall–Kier alpha value is -0.880. The van der Waals surface area contributed by atoms with Crippen molar-refractivity contribution in [3.05, 3.63) is 20.8 Å². The summed E-state index contributed by atoms with van der Waals surface area (Å²) in [4.78, 5) is 29.6. The van der Waals surface area contributed by atoms with E-state index in [0.29, 0.717) is 19.5 Å². The van der Waals surface area contributed by atoms with Crippen LogP contribution in [0.5, 0.6) is 0 Å². The third-order valence-electron chi connectivity index (χ3n) is 4.29. The Bertz CT molecular complexity index is 542. The monoisotopic (exact) mass is 386 g/mol. The van der Waals surface area contributed by atoms with Crippen LogP contribution in [0, 0.1) is 5.92 Å². The number of thiophene rings is 1. The normalized spacial score (nSPS) is 18.3. The molecule has 1 saturated heterocycles. The first-order valence-electron chi connectivity index (χ1n) is 7.74. The lowest BCUT2D eigenvalue weighted by Crippen LogP contribution is -2.38. The van der Waals surface area contributed by atoms with Gasteiger partial charge in [0, 0.05) is 30.9 Å². The maximum atomic E-state index is 12.6. The Morgan fingerprint density at radius 2 is 2.14 bits per heavy atom. The lowest BCUT2D eigenvalue weighted by molar-refractivity contribution is -0.135. The molecule has 2 heterocycles. The van der Waals surface area contributed by atoms with Crippen molar-refractivity contribution < 1.29 is 9.59 Å². The molecule has 122 valence electrons. The van der Waals surface area contributed by atoms with E-state index in [0.717, 1.165) is 21.5 Å². The molecule has 0 aromatic carbocycles. The molecule has 0 bridgehead atoms. The lowest BCUT2D eigenvalue weighted by Gasteiger charge is -2.26. The van der Waals surface area contributed by atoms with E-state index in [2.05, 4.69) is 29.8 Å². The fourth-order valence-corrected chi connectivity index (χ4v) is 4.58. The Labute approximate surface area is 144 Å². The number of likely N-dealkylation sites (tertiary alicyclic amines) is 1. The molecule has 1 atom stereocenters. The maximum Gasteiger partial charge on any atom is 0.228 e. The molecule has 6 heteroatoms. The van der Waals surface area contributed by atoms with Gasteiger partial charge in [0.2, 0.25) is 11.8 Å². The highest BCUT2D eigenvalue weighted by Crippen LogP contribution is 2.26. The second-order valence-electron chi connectivity index (χ2n) is 5.82. The number of amides is 2. The van der Waals surface area contributed by atoms with E-state index < -0.39 is 0 Å². The molecule has 1 aliphatic rings. The van der Waals surface area contributed by atoms with Gasteiger partial charge in [0.25, 0.3) is 0 Å². The highest BCUT2D eigenvalue weighted by atomic mass is 79.9. The Kier molecular flexibility index (Phi) is 6.03. The van der Waals surface area contributed by atoms with Crippen LogP contribution < -0.4 is 0 Å². The van der Waals surface area contributed by atoms with E-state index in [-0.39, 0.29) is 23.8 Å². The minimum Gasteiger partial charge on any atom is -0.340 e. The molecule has 0 N–H and O–H groups in total. The van der Waals surface area contributed by atoms with Crippen molar-refractivity contribution in [3.63, 3.8) is 0 Å². The van der Waals surface area contributed by atoms with Gasteiger partial charge >= 0.3 is 0 Å². The number of hydrogen-bond donors (Lipinski definition) is 0. The summed E-state index contributed by atoms with van der Waals surface area (Å²) in [5, 5.41) is 0. The molecule has 2 amide bonds. The van der Waals surface area contributed by atoms with Crippen molar-refractivity contribution in [2.24, 2.45) is 5.92 Å². The van der Waals surface area contributed by atoms with Crippen LogP contribution in [0.1, 0.15) is 38.0 Å². The van der Waals surface area contributed by atoms with Gasteiger partial charge in [-0.15, -0.1) is 11.3 Å². The molecular weight excluding hydrogens is 364 g/mol. The largest absolute Gasteiger partial charge is 0.340 e. The van der Waals surface area contributed by atoms with Gasteiger partial charge in [-0.1, -0.05) is 13.8 Å². The topological polar surface area (TPSA) is 40.6 Å². The fourth-order valence-electron chi connectivity index (χ4n) is 3.04. The summed E-state index contributed by atoms with van der Waals surface area (Å²) in [7, 11) is 1.82. The van der Waals surface area contributed by atoms with Crippen molar-refractivity contribution >= 4 is 39.1 Å². The molecule has 1 aromatic rings. The van der Waals surface area contributed by atoms with Gasteiger partial charge in [-0.05, 0) is 40.9 Å². The van der Waals surface area contributed by atoms with Crippen LogP contribution in [0.3, 0.4) is 0 Å². The van der Waals surface area contributed by atoms with Crippen molar-refractivity contribution in [2.45, 2.75) is 45.7 Å². The molecule has 22 heavy (non-hydrogen) atoms. The van der Waals surface area contributed by atoms with Gasteiger partial charge in [-0.3, -0.25) is 9.59 Å². The zero-order valence-corrected chi connectivity index (χ0v) is 15.7. The minimum absolute atomic E-state index is 0.0753. The highest BCUT2D eigenvalue weighted by Gasteiger charge is 2.37. The molecule has 0 radical (unpaired) electrons. The Balaban J connectivity index is 1.96. The van der Waals surface area contributed by atoms with Crippen LogP contribution in [-0.4, -0.2) is 41.2 Å². The maximum absolute atomic E-state index is 12.6. The standard InChI is InChI=1S/C16H23BrN2O2S/c1-4-12(5-2)19-9-11(8-15(19)20)16(21)18(3)10-13-6-7-14(17)22-13/h6-7,11-12H,4-5,8-10H2,1-3H3. The molecule has 0 aliphatic carbocycles. The quantitative estimate of drug-likeness (QED) is 0.750. The number of carbonyl (C=O) groups is 2. The summed E-state index contributed by atoms with van der Waals surface area (Å²) in [5.74, 6) is 0.00662. The summed E-state index contributed by atoms with van der Waals surface area (Å²) in [6.45, 7) is 5.36. The predicted molar refractivity (Wildman–Crippen MR) is 92.7 cm³/mol. The zero-order chi connectivity index (χ0) is 16.3. The Morgan fingerprint density at radius 1 is 1.45 bits per heavy atom. The van der Waals surface area contributed by atoms with Crippen molar-refractivity contribution in [1.82, 2.24) is 9.80 Å². The van der Waals surface area contributed by atoms with E-state index in [1.54, 1.807) is 16.2 Å². The summed E-state index contributed by atoms with van der Waals surface area (Å²) in [6.07, 6.45) is 2.25. The summed E-state index contributed by atoms with van der Waals surface area (Å²) >= 11 is 5.07. The van der Waals surface area contributed by atoms with E-state index in [9.17, 15) is 9.59 Å². The lowest BCUT2D eigenvalue weighted by atomic mass is 10.1. The summed E-state index contributed by atoms with van der Waals surface area (Å²) < 4.78 is 1.07.